The fraction of sp³-hybridized carbons (Fsp3) is 0.316. The molecule has 1 aromatic carbocycles. The molecule has 1 amide bonds. The summed E-state index contributed by atoms with van der Waals surface area (Å²) in [5, 5.41) is 11.9. The smallest absolute Gasteiger partial charge is 0.335 e. The summed E-state index contributed by atoms with van der Waals surface area (Å²) in [7, 11) is 0. The molecule has 1 aromatic heterocycles. The zero-order chi connectivity index (χ0) is 19.6. The number of carboxylic acids is 1. The van der Waals surface area contributed by atoms with Gasteiger partial charge in [-0.25, -0.2) is 4.79 Å². The van der Waals surface area contributed by atoms with Crippen molar-refractivity contribution in [1.29, 1.82) is 0 Å². The molecular weight excluding hydrogens is 336 g/mol. The number of hydrogen-bond acceptors (Lipinski definition) is 4. The molecule has 0 aliphatic heterocycles. The van der Waals surface area contributed by atoms with E-state index in [1.807, 2.05) is 13.8 Å². The number of anilines is 1. The predicted octanol–water partition coefficient (Wildman–Crippen LogP) is 3.57. The Bertz CT molecular complexity index is 880. The lowest BCUT2D eigenvalue weighted by atomic mass is 10.1. The van der Waals surface area contributed by atoms with Crippen molar-refractivity contribution in [3.05, 3.63) is 46.3 Å². The highest BCUT2D eigenvalue weighted by atomic mass is 16.5. The number of aromatic nitrogens is 1. The van der Waals surface area contributed by atoms with Crippen molar-refractivity contribution in [3.8, 4) is 5.75 Å². The van der Waals surface area contributed by atoms with Crippen molar-refractivity contribution >= 4 is 23.3 Å². The Labute approximate surface area is 151 Å². The topological polar surface area (TPSA) is 108 Å². The normalized spacial score (nSPS) is 10.7. The lowest BCUT2D eigenvalue weighted by molar-refractivity contribution is 0.0696. The van der Waals surface area contributed by atoms with E-state index in [0.717, 1.165) is 0 Å². The van der Waals surface area contributed by atoms with Crippen LogP contribution in [0.2, 0.25) is 0 Å². The van der Waals surface area contributed by atoms with Crippen LogP contribution in [0.1, 0.15) is 63.2 Å². The minimum atomic E-state index is -1.11. The molecule has 0 unspecified atom stereocenters. The van der Waals surface area contributed by atoms with Crippen LogP contribution in [0.3, 0.4) is 0 Å². The zero-order valence-electron chi connectivity index (χ0n) is 15.4. The molecule has 2 rings (SSSR count). The molecule has 0 fully saturated rings. The van der Waals surface area contributed by atoms with Crippen molar-refractivity contribution in [2.24, 2.45) is 0 Å². The van der Waals surface area contributed by atoms with Gasteiger partial charge in [-0.3, -0.25) is 9.59 Å². The van der Waals surface area contributed by atoms with Gasteiger partial charge in [0.05, 0.1) is 17.4 Å². The van der Waals surface area contributed by atoms with Crippen LogP contribution in [0.15, 0.2) is 18.2 Å². The number of hydrogen-bond donors (Lipinski definition) is 3. The summed E-state index contributed by atoms with van der Waals surface area (Å²) >= 11 is 0. The number of aromatic carboxylic acids is 1. The maximum atomic E-state index is 12.7. The quantitative estimate of drug-likeness (QED) is 0.684. The molecule has 0 saturated carbocycles. The SMILES string of the molecule is CC(=O)c1c(C)[nH]c(C(=O)Nc2cc(C(=O)O)ccc2OC(C)C)c1C. The van der Waals surface area contributed by atoms with Crippen LogP contribution in [0.4, 0.5) is 5.69 Å². The number of aromatic amines is 1. The third-order valence-corrected chi connectivity index (χ3v) is 3.85. The van der Waals surface area contributed by atoms with Crippen LogP contribution in [0.25, 0.3) is 0 Å². The van der Waals surface area contributed by atoms with E-state index < -0.39 is 11.9 Å². The number of carbonyl (C=O) groups excluding carboxylic acids is 2. The minimum absolute atomic E-state index is 0.0280. The van der Waals surface area contributed by atoms with E-state index in [1.165, 1.54) is 25.1 Å². The minimum Gasteiger partial charge on any atom is -0.489 e. The molecule has 26 heavy (non-hydrogen) atoms. The Morgan fingerprint density at radius 3 is 2.35 bits per heavy atom. The van der Waals surface area contributed by atoms with Crippen LogP contribution in [0.5, 0.6) is 5.75 Å². The molecule has 7 nitrogen and oxygen atoms in total. The van der Waals surface area contributed by atoms with E-state index in [0.29, 0.717) is 22.6 Å². The number of carboxylic acid groups (broad SMARTS) is 1. The number of rotatable bonds is 6. The molecule has 0 atom stereocenters. The van der Waals surface area contributed by atoms with Gasteiger partial charge in [0.25, 0.3) is 5.91 Å². The van der Waals surface area contributed by atoms with Gasteiger partial charge in [0.1, 0.15) is 11.4 Å². The summed E-state index contributed by atoms with van der Waals surface area (Å²) in [6.07, 6.45) is -0.153. The summed E-state index contributed by atoms with van der Waals surface area (Å²) in [4.78, 5) is 38.6. The van der Waals surface area contributed by atoms with E-state index in [2.05, 4.69) is 10.3 Å². The standard InChI is InChI=1S/C19H22N2O5/c1-9(2)26-15-7-6-13(19(24)25)8-14(15)21-18(23)17-10(3)16(12(5)22)11(4)20-17/h6-9,20H,1-5H3,(H,21,23)(H,24,25). The highest BCUT2D eigenvalue weighted by Crippen LogP contribution is 2.28. The van der Waals surface area contributed by atoms with Crippen molar-refractivity contribution < 1.29 is 24.2 Å². The fourth-order valence-corrected chi connectivity index (χ4v) is 2.81. The van der Waals surface area contributed by atoms with Gasteiger partial charge in [0.15, 0.2) is 5.78 Å². The van der Waals surface area contributed by atoms with Crippen LogP contribution < -0.4 is 10.1 Å². The fourth-order valence-electron chi connectivity index (χ4n) is 2.81. The van der Waals surface area contributed by atoms with Gasteiger partial charge in [0, 0.05) is 11.3 Å². The largest absolute Gasteiger partial charge is 0.489 e. The van der Waals surface area contributed by atoms with Gasteiger partial charge in [-0.15, -0.1) is 0 Å². The molecule has 2 aromatic rings. The molecule has 7 heteroatoms. The van der Waals surface area contributed by atoms with Gasteiger partial charge in [-0.05, 0) is 58.4 Å². The first-order valence-electron chi connectivity index (χ1n) is 8.17. The number of H-pyrrole nitrogens is 1. The van der Waals surface area contributed by atoms with Gasteiger partial charge in [0.2, 0.25) is 0 Å². The second kappa shape index (κ2) is 7.43. The van der Waals surface area contributed by atoms with Crippen molar-refractivity contribution in [2.75, 3.05) is 5.32 Å². The van der Waals surface area contributed by atoms with Gasteiger partial charge in [-0.2, -0.15) is 0 Å². The summed E-state index contributed by atoms with van der Waals surface area (Å²) in [6.45, 7) is 8.51. The third kappa shape index (κ3) is 3.93. The average Bonchev–Trinajstić information content (AvgIpc) is 2.83. The number of aryl methyl sites for hydroxylation is 1. The molecule has 0 spiro atoms. The van der Waals surface area contributed by atoms with Crippen LogP contribution in [-0.4, -0.2) is 33.9 Å². The van der Waals surface area contributed by atoms with E-state index in [-0.39, 0.29) is 28.8 Å². The van der Waals surface area contributed by atoms with E-state index in [4.69, 9.17) is 4.74 Å². The third-order valence-electron chi connectivity index (χ3n) is 3.85. The second-order valence-corrected chi connectivity index (χ2v) is 6.32. The van der Waals surface area contributed by atoms with E-state index >= 15 is 0 Å². The van der Waals surface area contributed by atoms with Crippen molar-refractivity contribution in [2.45, 2.75) is 40.7 Å². The molecule has 0 radical (unpaired) electrons. The first-order chi connectivity index (χ1) is 12.1. The maximum absolute atomic E-state index is 12.7. The number of nitrogens with one attached hydrogen (secondary N) is 2. The Kier molecular flexibility index (Phi) is 5.50. The molecule has 0 aliphatic rings. The van der Waals surface area contributed by atoms with Crippen LogP contribution in [-0.2, 0) is 0 Å². The Morgan fingerprint density at radius 1 is 1.19 bits per heavy atom. The number of ether oxygens (including phenoxy) is 1. The molecule has 0 saturated heterocycles. The number of Topliss-reactive ketones (excluding diaryl/α,β-unsaturated/α-hetero) is 1. The summed E-state index contributed by atoms with van der Waals surface area (Å²) < 4.78 is 5.64. The Morgan fingerprint density at radius 2 is 1.85 bits per heavy atom. The monoisotopic (exact) mass is 358 g/mol. The number of amides is 1. The number of carbonyl (C=O) groups is 3. The highest BCUT2D eigenvalue weighted by molar-refractivity contribution is 6.08. The van der Waals surface area contributed by atoms with Gasteiger partial charge >= 0.3 is 5.97 Å². The lowest BCUT2D eigenvalue weighted by Crippen LogP contribution is -2.16. The number of benzene rings is 1. The Hall–Kier alpha value is -3.09. The zero-order valence-corrected chi connectivity index (χ0v) is 15.4. The Balaban J connectivity index is 2.42. The first-order valence-corrected chi connectivity index (χ1v) is 8.17. The summed E-state index contributed by atoms with van der Waals surface area (Å²) in [5.74, 6) is -1.35. The van der Waals surface area contributed by atoms with Crippen molar-refractivity contribution in [1.82, 2.24) is 4.98 Å². The maximum Gasteiger partial charge on any atom is 0.335 e. The van der Waals surface area contributed by atoms with Gasteiger partial charge < -0.3 is 20.1 Å². The summed E-state index contributed by atoms with van der Waals surface area (Å²) in [5.41, 5.74) is 2.17. The highest BCUT2D eigenvalue weighted by Gasteiger charge is 2.21. The molecule has 0 bridgehead atoms. The molecule has 1 heterocycles. The molecular formula is C19H22N2O5. The first kappa shape index (κ1) is 19.2. The van der Waals surface area contributed by atoms with Crippen LogP contribution >= 0.6 is 0 Å². The van der Waals surface area contributed by atoms with Gasteiger partial charge in [-0.1, -0.05) is 0 Å². The van der Waals surface area contributed by atoms with E-state index in [9.17, 15) is 19.5 Å². The second-order valence-electron chi connectivity index (χ2n) is 6.32. The molecule has 3 N–H and O–H groups in total. The molecule has 138 valence electrons. The number of ketones is 1. The lowest BCUT2D eigenvalue weighted by Gasteiger charge is -2.15. The molecule has 0 aliphatic carbocycles. The summed E-state index contributed by atoms with van der Waals surface area (Å²) in [6, 6.07) is 4.26. The predicted molar refractivity (Wildman–Crippen MR) is 97.4 cm³/mol. The van der Waals surface area contributed by atoms with E-state index in [1.54, 1.807) is 13.8 Å². The average molecular weight is 358 g/mol. The van der Waals surface area contributed by atoms with Crippen LogP contribution in [0, 0.1) is 13.8 Å². The van der Waals surface area contributed by atoms with Crippen molar-refractivity contribution in [3.63, 3.8) is 0 Å².